The summed E-state index contributed by atoms with van der Waals surface area (Å²) < 4.78 is 35.5. The van der Waals surface area contributed by atoms with Gasteiger partial charge in [0.15, 0.2) is 6.10 Å². The van der Waals surface area contributed by atoms with Gasteiger partial charge in [0.25, 0.3) is 0 Å². The number of alkyl halides is 3. The van der Waals surface area contributed by atoms with Gasteiger partial charge in [0.2, 0.25) is 0 Å². The SMILES string of the molecule is O[C@@H](Cc1cnccn1)C(F)(F)F. The zero-order valence-corrected chi connectivity index (χ0v) is 6.49. The van der Waals surface area contributed by atoms with E-state index in [2.05, 4.69) is 9.97 Å². The summed E-state index contributed by atoms with van der Waals surface area (Å²) in [5.74, 6) is 0. The lowest BCUT2D eigenvalue weighted by atomic mass is 10.2. The minimum absolute atomic E-state index is 0.118. The summed E-state index contributed by atoms with van der Waals surface area (Å²) in [7, 11) is 0. The number of halogens is 3. The molecule has 0 aliphatic carbocycles. The topological polar surface area (TPSA) is 46.0 Å². The summed E-state index contributed by atoms with van der Waals surface area (Å²) in [5, 5.41) is 8.65. The number of aromatic nitrogens is 2. The maximum atomic E-state index is 11.8. The first-order valence-corrected chi connectivity index (χ1v) is 3.50. The fraction of sp³-hybridized carbons (Fsp3) is 0.429. The van der Waals surface area contributed by atoms with E-state index in [1.807, 2.05) is 0 Å². The van der Waals surface area contributed by atoms with Gasteiger partial charge in [-0.15, -0.1) is 0 Å². The van der Waals surface area contributed by atoms with E-state index in [0.29, 0.717) is 0 Å². The number of aliphatic hydroxyl groups is 1. The molecule has 0 aliphatic heterocycles. The maximum absolute atomic E-state index is 11.8. The second-order valence-corrected chi connectivity index (χ2v) is 2.46. The van der Waals surface area contributed by atoms with E-state index in [0.717, 1.165) is 0 Å². The van der Waals surface area contributed by atoms with Crippen molar-refractivity contribution in [1.29, 1.82) is 0 Å². The lowest BCUT2D eigenvalue weighted by molar-refractivity contribution is -0.203. The van der Waals surface area contributed by atoms with Gasteiger partial charge in [-0.25, -0.2) is 0 Å². The van der Waals surface area contributed by atoms with Crippen LogP contribution in [0, 0.1) is 0 Å². The average Bonchev–Trinajstić information content (AvgIpc) is 2.04. The average molecular weight is 192 g/mol. The van der Waals surface area contributed by atoms with Gasteiger partial charge in [0.05, 0.1) is 5.69 Å². The fourth-order valence-electron chi connectivity index (χ4n) is 0.749. The molecule has 0 bridgehead atoms. The maximum Gasteiger partial charge on any atom is 0.414 e. The van der Waals surface area contributed by atoms with Crippen molar-refractivity contribution in [2.24, 2.45) is 0 Å². The van der Waals surface area contributed by atoms with Crippen LogP contribution in [-0.4, -0.2) is 27.4 Å². The third-order valence-corrected chi connectivity index (χ3v) is 1.40. The molecule has 1 N–H and O–H groups in total. The normalized spacial score (nSPS) is 14.2. The van der Waals surface area contributed by atoms with E-state index in [9.17, 15) is 13.2 Å². The summed E-state index contributed by atoms with van der Waals surface area (Å²) in [4.78, 5) is 7.19. The van der Waals surface area contributed by atoms with Gasteiger partial charge in [-0.3, -0.25) is 9.97 Å². The van der Waals surface area contributed by atoms with Crippen LogP contribution in [0.3, 0.4) is 0 Å². The zero-order chi connectivity index (χ0) is 9.90. The van der Waals surface area contributed by atoms with Crippen LogP contribution in [0.15, 0.2) is 18.6 Å². The van der Waals surface area contributed by atoms with Crippen molar-refractivity contribution in [1.82, 2.24) is 9.97 Å². The van der Waals surface area contributed by atoms with Crippen molar-refractivity contribution in [3.05, 3.63) is 24.3 Å². The molecular weight excluding hydrogens is 185 g/mol. The highest BCUT2D eigenvalue weighted by Crippen LogP contribution is 2.21. The molecule has 0 aromatic carbocycles. The Morgan fingerprint density at radius 3 is 2.54 bits per heavy atom. The molecular formula is C7H7F3N2O. The Labute approximate surface area is 72.3 Å². The molecule has 1 atom stereocenters. The van der Waals surface area contributed by atoms with Crippen LogP contribution in [0.2, 0.25) is 0 Å². The highest BCUT2D eigenvalue weighted by Gasteiger charge is 2.38. The first-order chi connectivity index (χ1) is 6.00. The zero-order valence-electron chi connectivity index (χ0n) is 6.49. The van der Waals surface area contributed by atoms with Crippen LogP contribution in [0.5, 0.6) is 0 Å². The standard InChI is InChI=1S/C7H7F3N2O/c8-7(9,10)6(13)3-5-4-11-1-2-12-5/h1-2,4,6,13H,3H2/t6-/m0/s1. The highest BCUT2D eigenvalue weighted by molar-refractivity contribution is 4.97. The van der Waals surface area contributed by atoms with Crippen molar-refractivity contribution in [2.45, 2.75) is 18.7 Å². The van der Waals surface area contributed by atoms with Crippen molar-refractivity contribution in [2.75, 3.05) is 0 Å². The predicted molar refractivity (Wildman–Crippen MR) is 37.8 cm³/mol. The predicted octanol–water partition coefficient (Wildman–Crippen LogP) is 0.942. The Balaban J connectivity index is 2.61. The fourth-order valence-corrected chi connectivity index (χ4v) is 0.749. The third-order valence-electron chi connectivity index (χ3n) is 1.40. The van der Waals surface area contributed by atoms with E-state index in [1.54, 1.807) is 0 Å². The van der Waals surface area contributed by atoms with Gasteiger partial charge in [0.1, 0.15) is 0 Å². The number of rotatable bonds is 2. The number of aliphatic hydroxyl groups excluding tert-OH is 1. The number of hydrogen-bond donors (Lipinski definition) is 1. The quantitative estimate of drug-likeness (QED) is 0.758. The van der Waals surface area contributed by atoms with Crippen LogP contribution in [-0.2, 0) is 6.42 Å². The summed E-state index contributed by atoms with van der Waals surface area (Å²) >= 11 is 0. The molecule has 0 fully saturated rings. The second-order valence-electron chi connectivity index (χ2n) is 2.46. The van der Waals surface area contributed by atoms with Crippen molar-refractivity contribution >= 4 is 0 Å². The first-order valence-electron chi connectivity index (χ1n) is 3.50. The summed E-state index contributed by atoms with van der Waals surface area (Å²) in [5.41, 5.74) is 0.118. The number of hydrogen-bond acceptors (Lipinski definition) is 3. The van der Waals surface area contributed by atoms with Crippen LogP contribution < -0.4 is 0 Å². The molecule has 1 aromatic rings. The van der Waals surface area contributed by atoms with Crippen LogP contribution in [0.25, 0.3) is 0 Å². The molecule has 72 valence electrons. The van der Waals surface area contributed by atoms with Crippen molar-refractivity contribution in [3.8, 4) is 0 Å². The monoisotopic (exact) mass is 192 g/mol. The molecule has 0 spiro atoms. The lowest BCUT2D eigenvalue weighted by Crippen LogP contribution is -2.30. The molecule has 1 heterocycles. The molecule has 0 unspecified atom stereocenters. The smallest absolute Gasteiger partial charge is 0.383 e. The van der Waals surface area contributed by atoms with E-state index in [1.165, 1.54) is 18.6 Å². The molecule has 0 radical (unpaired) electrons. The molecule has 13 heavy (non-hydrogen) atoms. The van der Waals surface area contributed by atoms with Gasteiger partial charge in [-0.05, 0) is 0 Å². The molecule has 1 rings (SSSR count). The molecule has 0 saturated carbocycles. The Kier molecular flexibility index (Phi) is 2.82. The van der Waals surface area contributed by atoms with Crippen LogP contribution in [0.1, 0.15) is 5.69 Å². The number of nitrogens with zero attached hydrogens (tertiary/aromatic N) is 2. The largest absolute Gasteiger partial charge is 0.414 e. The second kappa shape index (κ2) is 3.69. The van der Waals surface area contributed by atoms with E-state index < -0.39 is 18.7 Å². The summed E-state index contributed by atoms with van der Waals surface area (Å²) in [6, 6.07) is 0. The van der Waals surface area contributed by atoms with Gasteiger partial charge < -0.3 is 5.11 Å². The van der Waals surface area contributed by atoms with Gasteiger partial charge in [-0.1, -0.05) is 0 Å². The first kappa shape index (κ1) is 9.91. The third kappa shape index (κ3) is 2.98. The van der Waals surface area contributed by atoms with Crippen molar-refractivity contribution < 1.29 is 18.3 Å². The highest BCUT2D eigenvalue weighted by atomic mass is 19.4. The van der Waals surface area contributed by atoms with Crippen LogP contribution in [0.4, 0.5) is 13.2 Å². The van der Waals surface area contributed by atoms with Gasteiger partial charge >= 0.3 is 6.18 Å². The Morgan fingerprint density at radius 2 is 2.08 bits per heavy atom. The van der Waals surface area contributed by atoms with Gasteiger partial charge in [-0.2, -0.15) is 13.2 Å². The summed E-state index contributed by atoms with van der Waals surface area (Å²) in [6.07, 6.45) is -3.71. The molecule has 0 saturated heterocycles. The Morgan fingerprint density at radius 1 is 1.38 bits per heavy atom. The van der Waals surface area contributed by atoms with Gasteiger partial charge in [0, 0.05) is 25.0 Å². The van der Waals surface area contributed by atoms with Crippen molar-refractivity contribution in [3.63, 3.8) is 0 Å². The minimum atomic E-state index is -4.60. The Bertz CT molecular complexity index is 262. The molecule has 0 amide bonds. The lowest BCUT2D eigenvalue weighted by Gasteiger charge is -2.13. The van der Waals surface area contributed by atoms with E-state index in [-0.39, 0.29) is 5.69 Å². The van der Waals surface area contributed by atoms with E-state index >= 15 is 0 Å². The molecule has 6 heteroatoms. The molecule has 1 aromatic heterocycles. The molecule has 3 nitrogen and oxygen atoms in total. The Hall–Kier alpha value is -1.17. The van der Waals surface area contributed by atoms with E-state index in [4.69, 9.17) is 5.11 Å². The van der Waals surface area contributed by atoms with Crippen LogP contribution >= 0.6 is 0 Å². The molecule has 0 aliphatic rings. The summed E-state index contributed by atoms with van der Waals surface area (Å²) in [6.45, 7) is 0. The minimum Gasteiger partial charge on any atom is -0.383 e.